The normalized spacial score (nSPS) is 11.0. The Morgan fingerprint density at radius 1 is 1.00 bits per heavy atom. The maximum Gasteiger partial charge on any atom is 0.244 e. The molecule has 0 aromatic heterocycles. The smallest absolute Gasteiger partial charge is 0.244 e. The number of hydrogen-bond donors (Lipinski definition) is 1. The van der Waals surface area contributed by atoms with Gasteiger partial charge in [0.25, 0.3) is 0 Å². The predicted molar refractivity (Wildman–Crippen MR) is 94.8 cm³/mol. The monoisotopic (exact) mass is 322 g/mol. The summed E-state index contributed by atoms with van der Waals surface area (Å²) < 4.78 is 0. The van der Waals surface area contributed by atoms with Crippen molar-refractivity contribution in [3.05, 3.63) is 82.9 Å². The number of nitrogens with zero attached hydrogens (tertiary/aromatic N) is 1. The first-order valence-corrected chi connectivity index (χ1v) is 7.64. The minimum atomic E-state index is -0.147. The lowest BCUT2D eigenvalue weighted by Gasteiger charge is -2.05. The molecule has 0 aliphatic rings. The fourth-order valence-corrected chi connectivity index (χ4v) is 2.51. The molecule has 3 aromatic rings. The van der Waals surface area contributed by atoms with E-state index < -0.39 is 0 Å². The van der Waals surface area contributed by atoms with Crippen LogP contribution in [0, 0.1) is 0 Å². The molecule has 0 aliphatic heterocycles. The van der Waals surface area contributed by atoms with Crippen LogP contribution in [0.5, 0.6) is 0 Å². The number of carbonyl (C=O) groups is 1. The third-order valence-electron chi connectivity index (χ3n) is 3.50. The Kier molecular flexibility index (Phi) is 4.69. The average molecular weight is 323 g/mol. The van der Waals surface area contributed by atoms with Gasteiger partial charge in [-0.15, -0.1) is 0 Å². The van der Waals surface area contributed by atoms with Gasteiger partial charge in [-0.2, -0.15) is 5.10 Å². The summed E-state index contributed by atoms with van der Waals surface area (Å²) in [7, 11) is 0. The van der Waals surface area contributed by atoms with Crippen molar-refractivity contribution in [3.8, 4) is 0 Å². The number of carbonyl (C=O) groups excluding carboxylic acids is 1. The second-order valence-electron chi connectivity index (χ2n) is 5.16. The molecule has 0 saturated heterocycles. The number of benzene rings is 3. The fourth-order valence-electron chi connectivity index (χ4n) is 2.39. The summed E-state index contributed by atoms with van der Waals surface area (Å²) in [4.78, 5) is 12.1. The first-order chi connectivity index (χ1) is 11.2. The highest BCUT2D eigenvalue weighted by molar-refractivity contribution is 6.30. The average Bonchev–Trinajstić information content (AvgIpc) is 2.57. The maximum absolute atomic E-state index is 12.1. The summed E-state index contributed by atoms with van der Waals surface area (Å²) in [6, 6.07) is 21.2. The molecule has 0 saturated carbocycles. The van der Waals surface area contributed by atoms with E-state index in [0.717, 1.165) is 21.9 Å². The molecule has 0 radical (unpaired) electrons. The van der Waals surface area contributed by atoms with E-state index in [2.05, 4.69) is 10.5 Å². The molecule has 0 spiro atoms. The number of rotatable bonds is 4. The summed E-state index contributed by atoms with van der Waals surface area (Å²) in [5.41, 5.74) is 4.42. The zero-order valence-electron chi connectivity index (χ0n) is 12.4. The molecule has 3 nitrogen and oxygen atoms in total. The second kappa shape index (κ2) is 7.07. The highest BCUT2D eigenvalue weighted by Crippen LogP contribution is 2.18. The number of halogens is 1. The first kappa shape index (κ1) is 15.3. The van der Waals surface area contributed by atoms with Crippen LogP contribution in [0.4, 0.5) is 0 Å². The van der Waals surface area contributed by atoms with Crippen LogP contribution in [0.15, 0.2) is 71.8 Å². The molecule has 0 fully saturated rings. The van der Waals surface area contributed by atoms with Gasteiger partial charge < -0.3 is 0 Å². The Balaban J connectivity index is 1.66. The summed E-state index contributed by atoms with van der Waals surface area (Å²) in [5.74, 6) is -0.147. The highest BCUT2D eigenvalue weighted by atomic mass is 35.5. The quantitative estimate of drug-likeness (QED) is 0.568. The molecular formula is C19H15ClN2O. The van der Waals surface area contributed by atoms with Gasteiger partial charge in [0.15, 0.2) is 0 Å². The minimum absolute atomic E-state index is 0.147. The Morgan fingerprint density at radius 2 is 1.74 bits per heavy atom. The van der Waals surface area contributed by atoms with Gasteiger partial charge in [-0.05, 0) is 34.0 Å². The molecule has 0 bridgehead atoms. The molecule has 1 N–H and O–H groups in total. The lowest BCUT2D eigenvalue weighted by Crippen LogP contribution is -2.19. The van der Waals surface area contributed by atoms with Crippen molar-refractivity contribution in [1.82, 2.24) is 5.43 Å². The van der Waals surface area contributed by atoms with Crippen molar-refractivity contribution < 1.29 is 4.79 Å². The van der Waals surface area contributed by atoms with Crippen LogP contribution >= 0.6 is 11.6 Å². The summed E-state index contributed by atoms with van der Waals surface area (Å²) in [6.45, 7) is 0. The van der Waals surface area contributed by atoms with Crippen LogP contribution in [-0.4, -0.2) is 12.1 Å². The molecule has 4 heteroatoms. The van der Waals surface area contributed by atoms with Gasteiger partial charge in [0.2, 0.25) is 5.91 Å². The highest BCUT2D eigenvalue weighted by Gasteiger charge is 2.05. The molecule has 3 aromatic carbocycles. The molecule has 23 heavy (non-hydrogen) atoms. The third-order valence-corrected chi connectivity index (χ3v) is 3.76. The zero-order valence-corrected chi connectivity index (χ0v) is 13.1. The van der Waals surface area contributed by atoms with E-state index in [9.17, 15) is 4.79 Å². The van der Waals surface area contributed by atoms with Crippen LogP contribution in [0.3, 0.4) is 0 Å². The van der Waals surface area contributed by atoms with E-state index in [-0.39, 0.29) is 5.91 Å². The molecule has 1 amide bonds. The zero-order chi connectivity index (χ0) is 16.1. The van der Waals surface area contributed by atoms with E-state index in [1.165, 1.54) is 0 Å². The van der Waals surface area contributed by atoms with E-state index in [1.807, 2.05) is 54.6 Å². The lowest BCUT2D eigenvalue weighted by atomic mass is 10.0. The van der Waals surface area contributed by atoms with E-state index in [1.54, 1.807) is 18.3 Å². The molecular weight excluding hydrogens is 308 g/mol. The van der Waals surface area contributed by atoms with E-state index >= 15 is 0 Å². The second-order valence-corrected chi connectivity index (χ2v) is 5.60. The topological polar surface area (TPSA) is 41.5 Å². The van der Waals surface area contributed by atoms with Gasteiger partial charge in [0, 0.05) is 5.02 Å². The lowest BCUT2D eigenvalue weighted by molar-refractivity contribution is -0.120. The standard InChI is InChI=1S/C19H15ClN2O/c20-17-10-8-14(9-11-17)13-21-22-19(23)12-16-6-3-5-15-4-1-2-7-18(15)16/h1-11,13H,12H2,(H,22,23). The number of hydrogen-bond acceptors (Lipinski definition) is 2. The van der Waals surface area contributed by atoms with E-state index in [0.29, 0.717) is 11.4 Å². The fraction of sp³-hybridized carbons (Fsp3) is 0.0526. The largest absolute Gasteiger partial charge is 0.273 e. The van der Waals surface area contributed by atoms with Crippen LogP contribution in [0.2, 0.25) is 5.02 Å². The van der Waals surface area contributed by atoms with Crippen LogP contribution in [-0.2, 0) is 11.2 Å². The summed E-state index contributed by atoms with van der Waals surface area (Å²) in [5, 5.41) is 6.87. The molecule has 3 rings (SSSR count). The number of amides is 1. The predicted octanol–water partition coefficient (Wildman–Crippen LogP) is 4.19. The maximum atomic E-state index is 12.1. The molecule has 114 valence electrons. The van der Waals surface area contributed by atoms with Crippen LogP contribution in [0.25, 0.3) is 10.8 Å². The van der Waals surface area contributed by atoms with Crippen molar-refractivity contribution in [1.29, 1.82) is 0 Å². The molecule has 0 heterocycles. The van der Waals surface area contributed by atoms with E-state index in [4.69, 9.17) is 11.6 Å². The van der Waals surface area contributed by atoms with Gasteiger partial charge >= 0.3 is 0 Å². The van der Waals surface area contributed by atoms with Gasteiger partial charge in [0.1, 0.15) is 0 Å². The van der Waals surface area contributed by atoms with Crippen molar-refractivity contribution in [2.45, 2.75) is 6.42 Å². The summed E-state index contributed by atoms with van der Waals surface area (Å²) >= 11 is 5.82. The minimum Gasteiger partial charge on any atom is -0.273 e. The molecule has 0 atom stereocenters. The van der Waals surface area contributed by atoms with Crippen molar-refractivity contribution in [3.63, 3.8) is 0 Å². The Bertz CT molecular complexity index is 851. The summed E-state index contributed by atoms with van der Waals surface area (Å²) in [6.07, 6.45) is 1.89. The van der Waals surface area contributed by atoms with Gasteiger partial charge in [-0.25, -0.2) is 5.43 Å². The van der Waals surface area contributed by atoms with Crippen LogP contribution in [0.1, 0.15) is 11.1 Å². The Labute approximate surface area is 139 Å². The third kappa shape index (κ3) is 3.96. The number of nitrogens with one attached hydrogen (secondary N) is 1. The van der Waals surface area contributed by atoms with Crippen molar-refractivity contribution in [2.24, 2.45) is 5.10 Å². The van der Waals surface area contributed by atoms with Gasteiger partial charge in [-0.1, -0.05) is 66.2 Å². The molecule has 0 aliphatic carbocycles. The molecule has 0 unspecified atom stereocenters. The van der Waals surface area contributed by atoms with Crippen molar-refractivity contribution >= 4 is 34.5 Å². The van der Waals surface area contributed by atoms with Crippen molar-refractivity contribution in [2.75, 3.05) is 0 Å². The van der Waals surface area contributed by atoms with Crippen LogP contribution < -0.4 is 5.43 Å². The first-order valence-electron chi connectivity index (χ1n) is 7.26. The SMILES string of the molecule is O=C(Cc1cccc2ccccc12)NN=Cc1ccc(Cl)cc1. The number of hydrazone groups is 1. The number of fused-ring (bicyclic) bond motifs is 1. The Hall–Kier alpha value is -2.65. The van der Waals surface area contributed by atoms with Gasteiger partial charge in [-0.3, -0.25) is 4.79 Å². The van der Waals surface area contributed by atoms with Gasteiger partial charge in [0.05, 0.1) is 12.6 Å². The Morgan fingerprint density at radius 3 is 2.57 bits per heavy atom.